The minimum absolute atomic E-state index is 0.391. The fraction of sp³-hybridized carbons (Fsp3) is 1.00. The third kappa shape index (κ3) is 8.12. The highest BCUT2D eigenvalue weighted by atomic mass is 16.5. The summed E-state index contributed by atoms with van der Waals surface area (Å²) in [5.41, 5.74) is 0.391. The van der Waals surface area contributed by atoms with E-state index >= 15 is 0 Å². The first kappa shape index (κ1) is 15.9. The molecule has 16 heavy (non-hydrogen) atoms. The quantitative estimate of drug-likeness (QED) is 0.579. The van der Waals surface area contributed by atoms with Crippen molar-refractivity contribution in [1.29, 1.82) is 0 Å². The standard InChI is InChI=1S/C14H31NO/c1-6-9-16-10-8-14(5,7-2)12-15-11-13(3)4/h13,15H,6-12H2,1-5H3. The van der Waals surface area contributed by atoms with Crippen molar-refractivity contribution in [3.63, 3.8) is 0 Å². The molecule has 1 unspecified atom stereocenters. The molecule has 1 atom stereocenters. The molecule has 0 fully saturated rings. The molecule has 0 rings (SSSR count). The molecule has 0 aliphatic rings. The lowest BCUT2D eigenvalue weighted by Crippen LogP contribution is -2.34. The molecule has 0 heterocycles. The Kier molecular flexibility index (Phi) is 8.96. The highest BCUT2D eigenvalue weighted by Gasteiger charge is 2.21. The first-order valence-corrected chi connectivity index (χ1v) is 6.82. The molecule has 0 aliphatic heterocycles. The normalized spacial score (nSPS) is 15.4. The lowest BCUT2D eigenvalue weighted by Gasteiger charge is -2.29. The molecule has 2 nitrogen and oxygen atoms in total. The Bertz CT molecular complexity index is 159. The molecule has 0 aromatic carbocycles. The van der Waals surface area contributed by atoms with E-state index in [0.717, 1.165) is 45.1 Å². The zero-order valence-electron chi connectivity index (χ0n) is 11.9. The van der Waals surface area contributed by atoms with E-state index in [1.807, 2.05) is 0 Å². The Labute approximate surface area is 102 Å². The molecule has 0 spiro atoms. The SMILES string of the molecule is CCCOCCC(C)(CC)CNCC(C)C. The highest BCUT2D eigenvalue weighted by molar-refractivity contribution is 4.75. The summed E-state index contributed by atoms with van der Waals surface area (Å²) in [6.07, 6.45) is 3.50. The van der Waals surface area contributed by atoms with Gasteiger partial charge in [0.2, 0.25) is 0 Å². The Morgan fingerprint density at radius 1 is 1.19 bits per heavy atom. The van der Waals surface area contributed by atoms with Crippen LogP contribution in [0.3, 0.4) is 0 Å². The van der Waals surface area contributed by atoms with Gasteiger partial charge in [-0.3, -0.25) is 0 Å². The molecule has 0 radical (unpaired) electrons. The number of ether oxygens (including phenoxy) is 1. The first-order chi connectivity index (χ1) is 7.54. The molecule has 1 N–H and O–H groups in total. The molecule has 2 heteroatoms. The average molecular weight is 229 g/mol. The molecule has 0 saturated carbocycles. The summed E-state index contributed by atoms with van der Waals surface area (Å²) in [4.78, 5) is 0. The van der Waals surface area contributed by atoms with E-state index in [1.165, 1.54) is 6.42 Å². The van der Waals surface area contributed by atoms with Crippen LogP contribution < -0.4 is 5.32 Å². The first-order valence-electron chi connectivity index (χ1n) is 6.82. The fourth-order valence-electron chi connectivity index (χ4n) is 1.62. The van der Waals surface area contributed by atoms with Gasteiger partial charge in [0.1, 0.15) is 0 Å². The van der Waals surface area contributed by atoms with E-state index in [4.69, 9.17) is 4.74 Å². The van der Waals surface area contributed by atoms with Gasteiger partial charge in [0.05, 0.1) is 0 Å². The predicted molar refractivity (Wildman–Crippen MR) is 71.8 cm³/mol. The largest absolute Gasteiger partial charge is 0.381 e. The van der Waals surface area contributed by atoms with Crippen LogP contribution in [0.5, 0.6) is 0 Å². The van der Waals surface area contributed by atoms with Gasteiger partial charge >= 0.3 is 0 Å². The summed E-state index contributed by atoms with van der Waals surface area (Å²) >= 11 is 0. The smallest absolute Gasteiger partial charge is 0.0471 e. The van der Waals surface area contributed by atoms with Crippen molar-refractivity contribution >= 4 is 0 Å². The van der Waals surface area contributed by atoms with Crippen LogP contribution in [0.1, 0.15) is 53.9 Å². The van der Waals surface area contributed by atoms with Gasteiger partial charge in [-0.25, -0.2) is 0 Å². The maximum absolute atomic E-state index is 5.58. The van der Waals surface area contributed by atoms with Crippen LogP contribution in [-0.2, 0) is 4.74 Å². The van der Waals surface area contributed by atoms with Crippen LogP contribution in [0.15, 0.2) is 0 Å². The molecule has 0 aromatic rings. The second kappa shape index (κ2) is 9.00. The van der Waals surface area contributed by atoms with Gasteiger partial charge in [-0.15, -0.1) is 0 Å². The third-order valence-electron chi connectivity index (χ3n) is 3.16. The Morgan fingerprint density at radius 2 is 1.88 bits per heavy atom. The Morgan fingerprint density at radius 3 is 2.38 bits per heavy atom. The summed E-state index contributed by atoms with van der Waals surface area (Å²) in [5.74, 6) is 0.734. The van der Waals surface area contributed by atoms with Crippen molar-refractivity contribution in [2.24, 2.45) is 11.3 Å². The molecular weight excluding hydrogens is 198 g/mol. The maximum Gasteiger partial charge on any atom is 0.0471 e. The van der Waals surface area contributed by atoms with Gasteiger partial charge in [-0.2, -0.15) is 0 Å². The number of nitrogens with one attached hydrogen (secondary N) is 1. The summed E-state index contributed by atoms with van der Waals surface area (Å²) in [6, 6.07) is 0. The van der Waals surface area contributed by atoms with Crippen LogP contribution in [0, 0.1) is 11.3 Å². The molecule has 98 valence electrons. The topological polar surface area (TPSA) is 21.3 Å². The zero-order chi connectivity index (χ0) is 12.4. The van der Waals surface area contributed by atoms with Crippen LogP contribution in [0.4, 0.5) is 0 Å². The average Bonchev–Trinajstić information content (AvgIpc) is 2.24. The number of rotatable bonds is 10. The number of hydrogen-bond donors (Lipinski definition) is 1. The van der Waals surface area contributed by atoms with Gasteiger partial charge in [-0.1, -0.05) is 34.6 Å². The van der Waals surface area contributed by atoms with Gasteiger partial charge in [0.25, 0.3) is 0 Å². The van der Waals surface area contributed by atoms with E-state index in [-0.39, 0.29) is 0 Å². The summed E-state index contributed by atoms with van der Waals surface area (Å²) in [7, 11) is 0. The van der Waals surface area contributed by atoms with E-state index in [1.54, 1.807) is 0 Å². The van der Waals surface area contributed by atoms with Crippen LogP contribution in [0.25, 0.3) is 0 Å². The van der Waals surface area contributed by atoms with Gasteiger partial charge in [-0.05, 0) is 37.1 Å². The van der Waals surface area contributed by atoms with Crippen molar-refractivity contribution in [3.05, 3.63) is 0 Å². The second-order valence-electron chi connectivity index (χ2n) is 5.55. The summed E-state index contributed by atoms with van der Waals surface area (Å²) in [5, 5.41) is 3.56. The van der Waals surface area contributed by atoms with Crippen molar-refractivity contribution in [2.75, 3.05) is 26.3 Å². The molecule has 0 bridgehead atoms. The van der Waals surface area contributed by atoms with E-state index in [2.05, 4.69) is 39.9 Å². The van der Waals surface area contributed by atoms with Crippen LogP contribution >= 0.6 is 0 Å². The molecule has 0 amide bonds. The Hall–Kier alpha value is -0.0800. The van der Waals surface area contributed by atoms with Crippen LogP contribution in [-0.4, -0.2) is 26.3 Å². The van der Waals surface area contributed by atoms with Crippen molar-refractivity contribution in [2.45, 2.75) is 53.9 Å². The molecule has 0 aliphatic carbocycles. The second-order valence-corrected chi connectivity index (χ2v) is 5.55. The maximum atomic E-state index is 5.58. The van der Waals surface area contributed by atoms with Crippen molar-refractivity contribution in [3.8, 4) is 0 Å². The molecular formula is C14H31NO. The van der Waals surface area contributed by atoms with Crippen molar-refractivity contribution in [1.82, 2.24) is 5.32 Å². The molecule has 0 aromatic heterocycles. The summed E-state index contributed by atoms with van der Waals surface area (Å²) in [6.45, 7) is 15.3. The minimum Gasteiger partial charge on any atom is -0.381 e. The van der Waals surface area contributed by atoms with Gasteiger partial charge in [0, 0.05) is 19.8 Å². The number of hydrogen-bond acceptors (Lipinski definition) is 2. The lowest BCUT2D eigenvalue weighted by molar-refractivity contribution is 0.0966. The van der Waals surface area contributed by atoms with E-state index < -0.39 is 0 Å². The van der Waals surface area contributed by atoms with E-state index in [0.29, 0.717) is 5.41 Å². The lowest BCUT2D eigenvalue weighted by atomic mass is 9.84. The monoisotopic (exact) mass is 229 g/mol. The third-order valence-corrected chi connectivity index (χ3v) is 3.16. The highest BCUT2D eigenvalue weighted by Crippen LogP contribution is 2.24. The minimum atomic E-state index is 0.391. The molecule has 0 saturated heterocycles. The van der Waals surface area contributed by atoms with Gasteiger partial charge < -0.3 is 10.1 Å². The zero-order valence-corrected chi connectivity index (χ0v) is 11.9. The van der Waals surface area contributed by atoms with Crippen molar-refractivity contribution < 1.29 is 4.74 Å². The van der Waals surface area contributed by atoms with E-state index in [9.17, 15) is 0 Å². The fourth-order valence-corrected chi connectivity index (χ4v) is 1.62. The Balaban J connectivity index is 3.72. The predicted octanol–water partition coefficient (Wildman–Crippen LogP) is 3.47. The summed E-state index contributed by atoms with van der Waals surface area (Å²) < 4.78 is 5.58. The van der Waals surface area contributed by atoms with Gasteiger partial charge in [0.15, 0.2) is 0 Å². The van der Waals surface area contributed by atoms with Crippen LogP contribution in [0.2, 0.25) is 0 Å².